The molecule has 0 spiro atoms. The Balaban J connectivity index is 1.50. The fourth-order valence-electron chi connectivity index (χ4n) is 7.27. The molecule has 0 saturated carbocycles. The first kappa shape index (κ1) is 24.9. The third-order valence-corrected chi connectivity index (χ3v) is 9.19. The Labute approximate surface area is 256 Å². The summed E-state index contributed by atoms with van der Waals surface area (Å²) in [6, 6.07) is 57.9. The van der Waals surface area contributed by atoms with Gasteiger partial charge in [-0.2, -0.15) is 0 Å². The summed E-state index contributed by atoms with van der Waals surface area (Å²) in [5.74, 6) is 0. The highest BCUT2D eigenvalue weighted by Crippen LogP contribution is 2.47. The van der Waals surface area contributed by atoms with E-state index in [9.17, 15) is 0 Å². The van der Waals surface area contributed by atoms with Gasteiger partial charge in [0.25, 0.3) is 0 Å². The Morgan fingerprint density at radius 2 is 0.909 bits per heavy atom. The summed E-state index contributed by atoms with van der Waals surface area (Å²) in [5, 5.41) is 10.1. The maximum atomic E-state index is 2.49. The minimum atomic E-state index is 1.23. The molecule has 1 aromatic heterocycles. The van der Waals surface area contributed by atoms with Crippen molar-refractivity contribution in [3.05, 3.63) is 163 Å². The van der Waals surface area contributed by atoms with Gasteiger partial charge in [0.1, 0.15) is 0 Å². The minimum Gasteiger partial charge on any atom is -0.308 e. The molecule has 0 N–H and O–H groups in total. The Hall–Kier alpha value is -5.66. The van der Waals surface area contributed by atoms with Gasteiger partial charge in [0.15, 0.2) is 0 Å². The largest absolute Gasteiger partial charge is 0.308 e. The molecule has 0 amide bonds. The quantitative estimate of drug-likeness (QED) is 0.190. The van der Waals surface area contributed by atoms with Crippen molar-refractivity contribution >= 4 is 54.1 Å². The van der Waals surface area contributed by atoms with E-state index < -0.39 is 0 Å². The van der Waals surface area contributed by atoms with Crippen LogP contribution in [0.2, 0.25) is 0 Å². The normalized spacial score (nSPS) is 11.8. The Morgan fingerprint density at radius 1 is 0.386 bits per heavy atom. The Bertz CT molecular complexity index is 2500. The lowest BCUT2D eigenvalue weighted by Gasteiger charge is -2.22. The average Bonchev–Trinajstić information content (AvgIpc) is 3.41. The second-order valence-corrected chi connectivity index (χ2v) is 11.8. The molecule has 1 heterocycles. The van der Waals surface area contributed by atoms with Gasteiger partial charge in [-0.25, -0.2) is 0 Å². The fourth-order valence-corrected chi connectivity index (χ4v) is 7.27. The predicted molar refractivity (Wildman–Crippen MR) is 189 cm³/mol. The van der Waals surface area contributed by atoms with Crippen LogP contribution < -0.4 is 0 Å². The van der Waals surface area contributed by atoms with Crippen molar-refractivity contribution in [1.29, 1.82) is 0 Å². The van der Waals surface area contributed by atoms with Crippen LogP contribution in [0.5, 0.6) is 0 Å². The molecule has 0 saturated heterocycles. The van der Waals surface area contributed by atoms with E-state index in [1.165, 1.54) is 87.6 Å². The molecule has 1 heteroatoms. The zero-order valence-electron chi connectivity index (χ0n) is 24.5. The summed E-state index contributed by atoms with van der Waals surface area (Å²) in [5.41, 5.74) is 9.96. The van der Waals surface area contributed by atoms with Gasteiger partial charge in [-0.15, -0.1) is 0 Å². The number of para-hydroxylation sites is 2. The summed E-state index contributed by atoms with van der Waals surface area (Å²) < 4.78 is 2.49. The summed E-state index contributed by atoms with van der Waals surface area (Å²) in [6.07, 6.45) is 0. The molecule has 9 aromatic rings. The summed E-state index contributed by atoms with van der Waals surface area (Å²) in [7, 11) is 0. The molecule has 206 valence electrons. The molecule has 0 unspecified atom stereocenters. The van der Waals surface area contributed by atoms with E-state index in [1.807, 2.05) is 0 Å². The van der Waals surface area contributed by atoms with E-state index in [4.69, 9.17) is 0 Å². The Morgan fingerprint density at radius 3 is 1.59 bits per heavy atom. The van der Waals surface area contributed by atoms with Gasteiger partial charge in [-0.05, 0) is 75.0 Å². The van der Waals surface area contributed by atoms with Crippen LogP contribution in [0.1, 0.15) is 5.56 Å². The molecule has 44 heavy (non-hydrogen) atoms. The van der Waals surface area contributed by atoms with Crippen LogP contribution in [0.15, 0.2) is 158 Å². The molecule has 0 fully saturated rings. The lowest BCUT2D eigenvalue weighted by molar-refractivity contribution is 1.21. The number of hydrogen-bond donors (Lipinski definition) is 0. The fraction of sp³-hybridized carbons (Fsp3) is 0.0233. The number of hydrogen-bond acceptors (Lipinski definition) is 0. The van der Waals surface area contributed by atoms with Gasteiger partial charge < -0.3 is 4.57 Å². The van der Waals surface area contributed by atoms with Crippen LogP contribution in [0.3, 0.4) is 0 Å². The standard InChI is InChI=1S/C43H29N/c1-28-23-24-36-38(25-28)42(39-27-31-16-6-5-15-30(31)26-37(39)29-13-3-2-4-14-29)34-19-7-8-20-35(34)43(36)44-40-21-11-9-17-32(40)33-18-10-12-22-41(33)44/h2-27H,1H3. The van der Waals surface area contributed by atoms with E-state index in [0.29, 0.717) is 0 Å². The van der Waals surface area contributed by atoms with Crippen molar-refractivity contribution in [2.75, 3.05) is 0 Å². The molecule has 8 aromatic carbocycles. The van der Waals surface area contributed by atoms with Crippen LogP contribution >= 0.6 is 0 Å². The maximum Gasteiger partial charge on any atom is 0.0619 e. The van der Waals surface area contributed by atoms with Crippen molar-refractivity contribution in [2.45, 2.75) is 6.92 Å². The first-order valence-electron chi connectivity index (χ1n) is 15.3. The van der Waals surface area contributed by atoms with E-state index in [1.54, 1.807) is 0 Å². The minimum absolute atomic E-state index is 1.23. The lowest BCUT2D eigenvalue weighted by atomic mass is 9.85. The Kier molecular flexibility index (Phi) is 5.48. The van der Waals surface area contributed by atoms with Crippen molar-refractivity contribution < 1.29 is 0 Å². The monoisotopic (exact) mass is 559 g/mol. The molecule has 0 aliphatic carbocycles. The summed E-state index contributed by atoms with van der Waals surface area (Å²) >= 11 is 0. The third-order valence-electron chi connectivity index (χ3n) is 9.19. The van der Waals surface area contributed by atoms with Gasteiger partial charge in [-0.1, -0.05) is 139 Å². The molecular formula is C43H29N. The summed E-state index contributed by atoms with van der Waals surface area (Å²) in [6.45, 7) is 2.21. The van der Waals surface area contributed by atoms with Crippen LogP contribution in [-0.4, -0.2) is 4.57 Å². The predicted octanol–water partition coefficient (Wildman–Crippen LogP) is 11.9. The van der Waals surface area contributed by atoms with Crippen LogP contribution in [0.25, 0.3) is 82.1 Å². The van der Waals surface area contributed by atoms with Crippen molar-refractivity contribution in [3.8, 4) is 27.9 Å². The third kappa shape index (κ3) is 3.66. The summed E-state index contributed by atoms with van der Waals surface area (Å²) in [4.78, 5) is 0. The van der Waals surface area contributed by atoms with Crippen LogP contribution in [0.4, 0.5) is 0 Å². The highest BCUT2D eigenvalue weighted by molar-refractivity contribution is 6.22. The van der Waals surface area contributed by atoms with Crippen molar-refractivity contribution in [3.63, 3.8) is 0 Å². The molecule has 9 rings (SSSR count). The zero-order chi connectivity index (χ0) is 29.2. The van der Waals surface area contributed by atoms with Gasteiger partial charge >= 0.3 is 0 Å². The highest BCUT2D eigenvalue weighted by atomic mass is 15.0. The number of aryl methyl sites for hydroxylation is 1. The molecule has 0 aliphatic rings. The van der Waals surface area contributed by atoms with E-state index in [2.05, 4.69) is 169 Å². The number of rotatable bonds is 3. The van der Waals surface area contributed by atoms with Gasteiger partial charge in [0.2, 0.25) is 0 Å². The molecule has 1 nitrogen and oxygen atoms in total. The topological polar surface area (TPSA) is 4.93 Å². The highest BCUT2D eigenvalue weighted by Gasteiger charge is 2.22. The number of nitrogens with zero attached hydrogens (tertiary/aromatic N) is 1. The molecule has 0 aliphatic heterocycles. The second-order valence-electron chi connectivity index (χ2n) is 11.8. The smallest absolute Gasteiger partial charge is 0.0619 e. The van der Waals surface area contributed by atoms with Gasteiger partial charge in [-0.3, -0.25) is 0 Å². The number of aromatic nitrogens is 1. The van der Waals surface area contributed by atoms with Crippen molar-refractivity contribution in [2.24, 2.45) is 0 Å². The van der Waals surface area contributed by atoms with Gasteiger partial charge in [0, 0.05) is 21.5 Å². The van der Waals surface area contributed by atoms with Crippen molar-refractivity contribution in [1.82, 2.24) is 4.57 Å². The average molecular weight is 560 g/mol. The van der Waals surface area contributed by atoms with E-state index >= 15 is 0 Å². The number of fused-ring (bicyclic) bond motifs is 6. The molecule has 0 atom stereocenters. The molecule has 0 bridgehead atoms. The first-order valence-corrected chi connectivity index (χ1v) is 15.3. The van der Waals surface area contributed by atoms with Crippen LogP contribution in [0, 0.1) is 6.92 Å². The SMILES string of the molecule is Cc1ccc2c(-n3c4ccccc4c4ccccc43)c3ccccc3c(-c3cc4ccccc4cc3-c3ccccc3)c2c1. The molecule has 0 radical (unpaired) electrons. The van der Waals surface area contributed by atoms with Crippen LogP contribution in [-0.2, 0) is 0 Å². The maximum absolute atomic E-state index is 2.49. The molecular weight excluding hydrogens is 530 g/mol. The van der Waals surface area contributed by atoms with E-state index in [-0.39, 0.29) is 0 Å². The zero-order valence-corrected chi connectivity index (χ0v) is 24.5. The first-order chi connectivity index (χ1) is 21.8. The van der Waals surface area contributed by atoms with E-state index in [0.717, 1.165) is 0 Å². The number of benzene rings is 8. The van der Waals surface area contributed by atoms with Gasteiger partial charge in [0.05, 0.1) is 16.7 Å². The second kappa shape index (κ2) is 9.69. The lowest BCUT2D eigenvalue weighted by Crippen LogP contribution is -2.00.